The van der Waals surface area contributed by atoms with E-state index in [1.54, 1.807) is 10.4 Å². The second kappa shape index (κ2) is 15.3. The molecule has 0 saturated heterocycles. The van der Waals surface area contributed by atoms with Crippen LogP contribution in [0.5, 0.6) is 0 Å². The van der Waals surface area contributed by atoms with E-state index in [0.29, 0.717) is 0 Å². The SMILES string of the molecule is CCCC1CC2C=CC1C2.C[Si](C)(C)O[Si](C)(C)C1CC2C=CC1C2.C[Si](CCC1CC2C=CC1C2)(c1ccccc1)c1ccccc1. The van der Waals surface area contributed by atoms with Gasteiger partial charge in [-0.2, -0.15) is 0 Å². The molecule has 0 aliphatic heterocycles. The van der Waals surface area contributed by atoms with Crippen molar-refractivity contribution >= 4 is 35.1 Å². The minimum atomic E-state index is -1.62. The number of rotatable bonds is 10. The van der Waals surface area contributed by atoms with Gasteiger partial charge >= 0.3 is 0 Å². The molecule has 4 heteroatoms. The Bertz CT molecular complexity index is 1370. The lowest BCUT2D eigenvalue weighted by Gasteiger charge is -2.38. The Morgan fingerprint density at radius 2 is 1.00 bits per heavy atom. The predicted octanol–water partition coefficient (Wildman–Crippen LogP) is 11.5. The van der Waals surface area contributed by atoms with Crippen LogP contribution in [-0.4, -0.2) is 24.7 Å². The van der Waals surface area contributed by atoms with E-state index >= 15 is 0 Å². The van der Waals surface area contributed by atoms with Crippen LogP contribution in [0.15, 0.2) is 97.1 Å². The molecule has 6 bridgehead atoms. The van der Waals surface area contributed by atoms with Crippen LogP contribution in [0.4, 0.5) is 0 Å². The fourth-order valence-corrected chi connectivity index (χ4v) is 23.6. The van der Waals surface area contributed by atoms with Crippen LogP contribution in [0.3, 0.4) is 0 Å². The molecule has 2 aromatic carbocycles. The standard InChI is InChI=1S/C22H26Si.C12H24OSi2.C10H16/c1-23(21-8-4-2-5-9-21,22-10-6-3-7-11-22)15-14-20-17-18-12-13-19(20)16-18;1-14(2,3)13-15(4,5)12-9-10-6-7-11(12)8-10;1-2-3-9-6-8-4-5-10(9)7-8/h2-13,18-20H,14-17H2,1H3;6-7,10-12H,8-9H2,1-5H3;4-5,8-10H,2-3,6-7H2,1H3. The molecule has 0 heterocycles. The molecule has 0 aromatic heterocycles. The van der Waals surface area contributed by atoms with Crippen molar-refractivity contribution < 1.29 is 4.12 Å². The molecular formula is C44H66OSi3. The van der Waals surface area contributed by atoms with Gasteiger partial charge in [-0.3, -0.25) is 0 Å². The molecule has 6 aliphatic rings. The highest BCUT2D eigenvalue weighted by atomic mass is 28.4. The summed E-state index contributed by atoms with van der Waals surface area (Å²) in [6.07, 6.45) is 27.6. The van der Waals surface area contributed by atoms with E-state index in [-0.39, 0.29) is 0 Å². The third kappa shape index (κ3) is 8.58. The lowest BCUT2D eigenvalue weighted by atomic mass is 9.90. The van der Waals surface area contributed by atoms with Gasteiger partial charge in [0.1, 0.15) is 8.07 Å². The maximum Gasteiger partial charge on any atom is 0.177 e. The molecule has 6 aliphatic carbocycles. The Balaban J connectivity index is 0.000000137. The first-order valence-electron chi connectivity index (χ1n) is 19.8. The Morgan fingerprint density at radius 3 is 1.38 bits per heavy atom. The molecule has 9 unspecified atom stereocenters. The van der Waals surface area contributed by atoms with Gasteiger partial charge in [-0.1, -0.05) is 140 Å². The van der Waals surface area contributed by atoms with Gasteiger partial charge in [0.15, 0.2) is 16.6 Å². The van der Waals surface area contributed by atoms with Crippen molar-refractivity contribution in [1.82, 2.24) is 0 Å². The predicted molar refractivity (Wildman–Crippen MR) is 217 cm³/mol. The van der Waals surface area contributed by atoms with Gasteiger partial charge in [0.25, 0.3) is 0 Å². The van der Waals surface area contributed by atoms with Crippen LogP contribution in [-0.2, 0) is 4.12 Å². The van der Waals surface area contributed by atoms with Gasteiger partial charge in [0.05, 0.1) is 0 Å². The number of allylic oxidation sites excluding steroid dienone is 6. The molecule has 3 saturated carbocycles. The van der Waals surface area contributed by atoms with Crippen LogP contribution in [0, 0.1) is 47.3 Å². The fourth-order valence-electron chi connectivity index (χ4n) is 10.8. The van der Waals surface area contributed by atoms with E-state index in [0.717, 1.165) is 52.9 Å². The molecular weight excluding hydrogens is 629 g/mol. The minimum Gasteiger partial charge on any atom is -0.455 e. The third-order valence-corrected chi connectivity index (χ3v) is 24.6. The summed E-state index contributed by atoms with van der Waals surface area (Å²) < 4.78 is 6.51. The first-order chi connectivity index (χ1) is 22.9. The summed E-state index contributed by atoms with van der Waals surface area (Å²) in [5.41, 5.74) is 0.888. The van der Waals surface area contributed by atoms with Gasteiger partial charge in [0, 0.05) is 0 Å². The van der Waals surface area contributed by atoms with E-state index < -0.39 is 24.7 Å². The Hall–Kier alpha value is -1.73. The van der Waals surface area contributed by atoms with E-state index in [4.69, 9.17) is 4.12 Å². The maximum absolute atomic E-state index is 6.51. The molecule has 9 atom stereocenters. The van der Waals surface area contributed by atoms with Gasteiger partial charge in [-0.05, 0) is 130 Å². The van der Waals surface area contributed by atoms with Crippen molar-refractivity contribution in [3.8, 4) is 0 Å². The van der Waals surface area contributed by atoms with Crippen molar-refractivity contribution in [1.29, 1.82) is 0 Å². The second-order valence-corrected chi connectivity index (χ2v) is 31.5. The van der Waals surface area contributed by atoms with Gasteiger partial charge in [-0.25, -0.2) is 0 Å². The van der Waals surface area contributed by atoms with Crippen molar-refractivity contribution in [2.45, 2.75) is 116 Å². The topological polar surface area (TPSA) is 9.23 Å². The Morgan fingerprint density at radius 1 is 0.542 bits per heavy atom. The van der Waals surface area contributed by atoms with E-state index in [1.165, 1.54) is 63.8 Å². The molecule has 0 N–H and O–H groups in total. The zero-order valence-corrected chi connectivity index (χ0v) is 34.4. The average Bonchev–Trinajstić information content (AvgIpc) is 3.93. The molecule has 0 radical (unpaired) electrons. The molecule has 2 aromatic rings. The number of hydrogen-bond acceptors (Lipinski definition) is 1. The first kappa shape index (κ1) is 36.1. The summed E-state index contributed by atoms with van der Waals surface area (Å²) in [4.78, 5) is 0. The van der Waals surface area contributed by atoms with Crippen LogP contribution in [0.2, 0.25) is 50.9 Å². The lowest BCUT2D eigenvalue weighted by Crippen LogP contribution is -2.55. The third-order valence-electron chi connectivity index (χ3n) is 13.1. The molecule has 48 heavy (non-hydrogen) atoms. The zero-order chi connectivity index (χ0) is 33.9. The quantitative estimate of drug-likeness (QED) is 0.178. The van der Waals surface area contributed by atoms with Crippen molar-refractivity contribution in [2.24, 2.45) is 47.3 Å². The van der Waals surface area contributed by atoms with Crippen molar-refractivity contribution in [3.05, 3.63) is 97.1 Å². The average molecular weight is 695 g/mol. The van der Waals surface area contributed by atoms with Gasteiger partial charge in [-0.15, -0.1) is 0 Å². The lowest BCUT2D eigenvalue weighted by molar-refractivity contribution is 0.412. The smallest absolute Gasteiger partial charge is 0.177 e. The molecule has 3 fully saturated rings. The van der Waals surface area contributed by atoms with E-state index in [1.807, 2.05) is 0 Å². The van der Waals surface area contributed by atoms with E-state index in [2.05, 4.69) is 143 Å². The minimum absolute atomic E-state index is 0.855. The van der Waals surface area contributed by atoms with Crippen LogP contribution in [0.25, 0.3) is 0 Å². The van der Waals surface area contributed by atoms with Crippen LogP contribution in [0.1, 0.15) is 64.7 Å². The zero-order valence-electron chi connectivity index (χ0n) is 31.4. The molecule has 260 valence electrons. The number of benzene rings is 2. The second-order valence-electron chi connectivity index (χ2n) is 18.2. The highest BCUT2D eigenvalue weighted by Crippen LogP contribution is 2.52. The van der Waals surface area contributed by atoms with Gasteiger partial charge in [0.2, 0.25) is 0 Å². The summed E-state index contributed by atoms with van der Waals surface area (Å²) in [5.74, 6) is 7.46. The first-order valence-corrected chi connectivity index (χ1v) is 28.9. The molecule has 0 spiro atoms. The number of fused-ring (bicyclic) bond motifs is 6. The monoisotopic (exact) mass is 694 g/mol. The normalized spacial score (nSPS) is 32.4. The molecule has 1 nitrogen and oxygen atoms in total. The summed E-state index contributed by atoms with van der Waals surface area (Å²) in [7, 11) is -4.42. The number of hydrogen-bond donors (Lipinski definition) is 0. The van der Waals surface area contributed by atoms with E-state index in [9.17, 15) is 0 Å². The fraction of sp³-hybridized carbons (Fsp3) is 0.591. The largest absolute Gasteiger partial charge is 0.455 e. The Labute approximate surface area is 298 Å². The van der Waals surface area contributed by atoms with Crippen molar-refractivity contribution in [3.63, 3.8) is 0 Å². The maximum atomic E-state index is 6.51. The summed E-state index contributed by atoms with van der Waals surface area (Å²) in [6.45, 7) is 16.7. The van der Waals surface area contributed by atoms with Crippen molar-refractivity contribution in [2.75, 3.05) is 0 Å². The summed E-state index contributed by atoms with van der Waals surface area (Å²) in [6, 6.07) is 24.0. The van der Waals surface area contributed by atoms with Crippen LogP contribution >= 0.6 is 0 Å². The van der Waals surface area contributed by atoms with Gasteiger partial charge < -0.3 is 4.12 Å². The summed E-state index contributed by atoms with van der Waals surface area (Å²) >= 11 is 0. The Kier molecular flexibility index (Phi) is 11.5. The highest BCUT2D eigenvalue weighted by molar-refractivity contribution is 7.01. The molecule has 0 amide bonds. The summed E-state index contributed by atoms with van der Waals surface area (Å²) in [5, 5.41) is 3.18. The van der Waals surface area contributed by atoms with Crippen LogP contribution < -0.4 is 10.4 Å². The molecule has 8 rings (SSSR count). The highest BCUT2D eigenvalue weighted by Gasteiger charge is 2.47.